The van der Waals surface area contributed by atoms with Crippen LogP contribution in [0.4, 0.5) is 0 Å². The Morgan fingerprint density at radius 2 is 1.27 bits per heavy atom. The molecule has 0 atom stereocenters. The van der Waals surface area contributed by atoms with Crippen LogP contribution in [0.3, 0.4) is 0 Å². The maximum absolute atomic E-state index is 5.76. The molecule has 2 heteroatoms. The molecule has 0 spiro atoms. The molecule has 0 saturated heterocycles. The van der Waals surface area contributed by atoms with Crippen molar-refractivity contribution in [2.24, 2.45) is 0 Å². The molecule has 0 radical (unpaired) electrons. The number of hydrogen-bond donors (Lipinski definition) is 0. The topological polar surface area (TPSA) is 22.1 Å². The molecule has 2 nitrogen and oxygen atoms in total. The number of hydrogen-bond acceptors (Lipinski definition) is 2. The van der Waals surface area contributed by atoms with Gasteiger partial charge in [-0.3, -0.25) is 4.98 Å². The van der Waals surface area contributed by atoms with Gasteiger partial charge in [0.05, 0.1) is 12.3 Å². The number of rotatable bonds is 12. The first kappa shape index (κ1) is 22.1. The molecule has 0 aliphatic rings. The number of pyridine rings is 1. The Morgan fingerprint density at radius 1 is 0.633 bits per heavy atom. The Bertz CT molecular complexity index is 851. The van der Waals surface area contributed by atoms with Crippen molar-refractivity contribution in [1.82, 2.24) is 4.98 Å². The van der Waals surface area contributed by atoms with Crippen molar-refractivity contribution in [2.75, 3.05) is 6.61 Å². The van der Waals surface area contributed by atoms with Gasteiger partial charge in [0.25, 0.3) is 0 Å². The fourth-order valence-corrected chi connectivity index (χ4v) is 3.59. The highest BCUT2D eigenvalue weighted by molar-refractivity contribution is 5.69. The van der Waals surface area contributed by atoms with Crippen LogP contribution in [-0.2, 0) is 6.42 Å². The van der Waals surface area contributed by atoms with E-state index in [0.717, 1.165) is 42.9 Å². The maximum atomic E-state index is 5.76. The Hall–Kier alpha value is -2.61. The maximum Gasteiger partial charge on any atom is 0.119 e. The van der Waals surface area contributed by atoms with Gasteiger partial charge in [0.2, 0.25) is 0 Å². The Labute approximate surface area is 182 Å². The lowest BCUT2D eigenvalue weighted by atomic mass is 10.0. The van der Waals surface area contributed by atoms with E-state index in [0.29, 0.717) is 0 Å². The van der Waals surface area contributed by atoms with Crippen LogP contribution >= 0.6 is 0 Å². The molecule has 158 valence electrons. The van der Waals surface area contributed by atoms with Crippen molar-refractivity contribution >= 4 is 0 Å². The van der Waals surface area contributed by atoms with E-state index in [4.69, 9.17) is 9.72 Å². The zero-order valence-corrected chi connectivity index (χ0v) is 18.6. The molecular weight excluding hydrogens is 366 g/mol. The van der Waals surface area contributed by atoms with Crippen LogP contribution in [0, 0.1) is 0 Å². The van der Waals surface area contributed by atoms with Gasteiger partial charge in [0, 0.05) is 11.8 Å². The van der Waals surface area contributed by atoms with Gasteiger partial charge >= 0.3 is 0 Å². The molecule has 1 aromatic heterocycles. The third-order valence-corrected chi connectivity index (χ3v) is 5.53. The van der Waals surface area contributed by atoms with E-state index in [-0.39, 0.29) is 0 Å². The van der Waals surface area contributed by atoms with Crippen LogP contribution in [0.25, 0.3) is 22.4 Å². The summed E-state index contributed by atoms with van der Waals surface area (Å²) in [4.78, 5) is 4.70. The molecule has 0 saturated carbocycles. The lowest BCUT2D eigenvalue weighted by Gasteiger charge is -2.08. The first-order valence-corrected chi connectivity index (χ1v) is 11.6. The predicted octanol–water partition coefficient (Wildman–Crippen LogP) is 8.11. The van der Waals surface area contributed by atoms with Crippen LogP contribution < -0.4 is 4.74 Å². The number of aromatic nitrogens is 1. The van der Waals surface area contributed by atoms with Gasteiger partial charge < -0.3 is 4.74 Å². The van der Waals surface area contributed by atoms with Crippen LogP contribution in [0.2, 0.25) is 0 Å². The van der Waals surface area contributed by atoms with Crippen molar-refractivity contribution in [3.05, 3.63) is 72.4 Å². The number of unbranched alkanes of at least 4 members (excludes halogenated alkanes) is 5. The van der Waals surface area contributed by atoms with Gasteiger partial charge in [0.1, 0.15) is 5.75 Å². The van der Waals surface area contributed by atoms with E-state index < -0.39 is 0 Å². The van der Waals surface area contributed by atoms with Crippen LogP contribution in [0.5, 0.6) is 5.75 Å². The van der Waals surface area contributed by atoms with Gasteiger partial charge in [-0.1, -0.05) is 88.4 Å². The van der Waals surface area contributed by atoms with Crippen LogP contribution in [-0.4, -0.2) is 11.6 Å². The summed E-state index contributed by atoms with van der Waals surface area (Å²) in [6, 6.07) is 21.4. The molecule has 30 heavy (non-hydrogen) atoms. The first-order chi connectivity index (χ1) is 14.8. The van der Waals surface area contributed by atoms with Gasteiger partial charge in [0.15, 0.2) is 0 Å². The van der Waals surface area contributed by atoms with Gasteiger partial charge in [-0.2, -0.15) is 0 Å². The van der Waals surface area contributed by atoms with E-state index >= 15 is 0 Å². The Kier molecular flexibility index (Phi) is 8.96. The fraction of sp³-hybridized carbons (Fsp3) is 0.393. The molecular formula is C28H35NO. The van der Waals surface area contributed by atoms with Gasteiger partial charge in [-0.15, -0.1) is 0 Å². The Balaban J connectivity index is 1.56. The number of aryl methyl sites for hydroxylation is 1. The number of ether oxygens (including phenoxy) is 1. The monoisotopic (exact) mass is 401 g/mol. The number of benzene rings is 2. The average molecular weight is 402 g/mol. The predicted molar refractivity (Wildman–Crippen MR) is 128 cm³/mol. The second kappa shape index (κ2) is 12.2. The minimum atomic E-state index is 0.787. The van der Waals surface area contributed by atoms with Crippen molar-refractivity contribution in [2.45, 2.75) is 65.2 Å². The third kappa shape index (κ3) is 6.73. The average Bonchev–Trinajstić information content (AvgIpc) is 2.80. The van der Waals surface area contributed by atoms with Gasteiger partial charge in [-0.05, 0) is 54.2 Å². The third-order valence-electron chi connectivity index (χ3n) is 5.53. The zero-order chi connectivity index (χ0) is 21.0. The lowest BCUT2D eigenvalue weighted by molar-refractivity contribution is 0.309. The summed E-state index contributed by atoms with van der Waals surface area (Å²) in [5.41, 5.74) is 5.95. The van der Waals surface area contributed by atoms with E-state index in [1.54, 1.807) is 0 Å². The van der Waals surface area contributed by atoms with Crippen molar-refractivity contribution < 1.29 is 4.74 Å². The van der Waals surface area contributed by atoms with Crippen molar-refractivity contribution in [3.63, 3.8) is 0 Å². The molecule has 0 amide bonds. The summed E-state index contributed by atoms with van der Waals surface area (Å²) in [5, 5.41) is 0. The summed E-state index contributed by atoms with van der Waals surface area (Å²) in [6.07, 6.45) is 12.0. The summed E-state index contributed by atoms with van der Waals surface area (Å²) < 4.78 is 5.76. The quantitative estimate of drug-likeness (QED) is 0.286. The van der Waals surface area contributed by atoms with Gasteiger partial charge in [-0.25, -0.2) is 0 Å². The normalized spacial score (nSPS) is 10.9. The SMILES string of the molecule is CCCCCCCc1ccc(-c2ccc(-c3ccc(OCCCC)cc3)cc2)nc1. The molecule has 2 aromatic carbocycles. The van der Waals surface area contributed by atoms with Crippen LogP contribution in [0.15, 0.2) is 66.9 Å². The second-order valence-electron chi connectivity index (χ2n) is 8.02. The fourth-order valence-electron chi connectivity index (χ4n) is 3.59. The van der Waals surface area contributed by atoms with E-state index in [2.05, 4.69) is 74.5 Å². The summed E-state index contributed by atoms with van der Waals surface area (Å²) in [7, 11) is 0. The molecule has 1 heterocycles. The minimum Gasteiger partial charge on any atom is -0.494 e. The Morgan fingerprint density at radius 3 is 1.90 bits per heavy atom. The van der Waals surface area contributed by atoms with E-state index in [1.165, 1.54) is 48.8 Å². The molecule has 0 N–H and O–H groups in total. The zero-order valence-electron chi connectivity index (χ0n) is 18.6. The first-order valence-electron chi connectivity index (χ1n) is 11.6. The van der Waals surface area contributed by atoms with E-state index in [1.807, 2.05) is 6.20 Å². The molecule has 3 rings (SSSR count). The smallest absolute Gasteiger partial charge is 0.119 e. The standard InChI is InChI=1S/C28H35NO/c1-3-5-7-8-9-10-23-11-20-28(29-22-23)26-14-12-24(13-15-26)25-16-18-27(19-17-25)30-21-6-4-2/h11-20,22H,3-10,21H2,1-2H3. The van der Waals surface area contributed by atoms with Crippen molar-refractivity contribution in [1.29, 1.82) is 0 Å². The minimum absolute atomic E-state index is 0.787. The lowest BCUT2D eigenvalue weighted by Crippen LogP contribution is -1.95. The van der Waals surface area contributed by atoms with E-state index in [9.17, 15) is 0 Å². The van der Waals surface area contributed by atoms with Crippen molar-refractivity contribution in [3.8, 4) is 28.1 Å². The number of nitrogens with zero attached hydrogens (tertiary/aromatic N) is 1. The molecule has 0 aliphatic heterocycles. The highest BCUT2D eigenvalue weighted by Crippen LogP contribution is 2.26. The summed E-state index contributed by atoms with van der Waals surface area (Å²) in [6.45, 7) is 5.22. The van der Waals surface area contributed by atoms with Crippen LogP contribution in [0.1, 0.15) is 64.4 Å². The molecule has 0 unspecified atom stereocenters. The summed E-state index contributed by atoms with van der Waals surface area (Å²) in [5.74, 6) is 0.943. The highest BCUT2D eigenvalue weighted by atomic mass is 16.5. The molecule has 0 aliphatic carbocycles. The summed E-state index contributed by atoms with van der Waals surface area (Å²) >= 11 is 0. The molecule has 3 aromatic rings. The highest BCUT2D eigenvalue weighted by Gasteiger charge is 2.03. The molecule has 0 fully saturated rings. The second-order valence-corrected chi connectivity index (χ2v) is 8.02. The molecule has 0 bridgehead atoms. The largest absolute Gasteiger partial charge is 0.494 e.